The average molecular weight is 311 g/mol. The third-order valence-corrected chi connectivity index (χ3v) is 3.40. The van der Waals surface area contributed by atoms with E-state index in [4.69, 9.17) is 10.5 Å². The average Bonchev–Trinajstić information content (AvgIpc) is 2.55. The monoisotopic (exact) mass is 311 g/mol. The Morgan fingerprint density at radius 1 is 1.04 bits per heavy atom. The first-order valence-electron chi connectivity index (χ1n) is 7.93. The fourth-order valence-corrected chi connectivity index (χ4v) is 2.20. The van der Waals surface area contributed by atoms with Gasteiger partial charge in [0.15, 0.2) is 5.96 Å². The number of anilines is 1. The molecule has 0 aromatic heterocycles. The van der Waals surface area contributed by atoms with E-state index in [0.29, 0.717) is 18.4 Å². The van der Waals surface area contributed by atoms with Crippen LogP contribution in [0.4, 0.5) is 5.69 Å². The zero-order valence-electron chi connectivity index (χ0n) is 14.0. The summed E-state index contributed by atoms with van der Waals surface area (Å²) in [4.78, 5) is 4.42. The minimum Gasteiger partial charge on any atom is -0.491 e. The molecular formula is C19H25N3O. The van der Waals surface area contributed by atoms with Crippen molar-refractivity contribution >= 4 is 11.6 Å². The molecule has 2 rings (SSSR count). The zero-order valence-corrected chi connectivity index (χ0v) is 14.0. The number of hydrogen-bond donors (Lipinski definition) is 2. The summed E-state index contributed by atoms with van der Waals surface area (Å²) in [7, 11) is 0. The van der Waals surface area contributed by atoms with Crippen LogP contribution in [0.15, 0.2) is 59.6 Å². The summed E-state index contributed by atoms with van der Waals surface area (Å²) >= 11 is 0. The molecule has 0 aliphatic rings. The highest BCUT2D eigenvalue weighted by molar-refractivity contribution is 5.92. The van der Waals surface area contributed by atoms with Crippen molar-refractivity contribution in [2.75, 3.05) is 11.9 Å². The van der Waals surface area contributed by atoms with Gasteiger partial charge < -0.3 is 15.8 Å². The topological polar surface area (TPSA) is 59.6 Å². The molecule has 0 aliphatic heterocycles. The molecule has 0 bridgehead atoms. The van der Waals surface area contributed by atoms with Crippen LogP contribution in [0, 0.1) is 0 Å². The minimum atomic E-state index is 0.167. The predicted octanol–water partition coefficient (Wildman–Crippen LogP) is 4.00. The molecule has 0 fully saturated rings. The van der Waals surface area contributed by atoms with Gasteiger partial charge in [0.1, 0.15) is 5.75 Å². The third-order valence-electron chi connectivity index (χ3n) is 3.40. The van der Waals surface area contributed by atoms with Crippen LogP contribution in [0.3, 0.4) is 0 Å². The molecule has 0 heterocycles. The van der Waals surface area contributed by atoms with Gasteiger partial charge >= 0.3 is 0 Å². The molecule has 2 aromatic carbocycles. The van der Waals surface area contributed by atoms with Crippen molar-refractivity contribution in [1.29, 1.82) is 0 Å². The molecule has 0 amide bonds. The first-order chi connectivity index (χ1) is 11.0. The minimum absolute atomic E-state index is 0.167. The van der Waals surface area contributed by atoms with Crippen LogP contribution in [-0.2, 0) is 0 Å². The van der Waals surface area contributed by atoms with Crippen LogP contribution in [-0.4, -0.2) is 18.6 Å². The van der Waals surface area contributed by atoms with E-state index in [0.717, 1.165) is 11.4 Å². The number of nitrogens with one attached hydrogen (secondary N) is 1. The maximum Gasteiger partial charge on any atom is 0.193 e. The number of guanidine groups is 1. The van der Waals surface area contributed by atoms with E-state index in [1.165, 1.54) is 5.56 Å². The number of rotatable bonds is 6. The highest BCUT2D eigenvalue weighted by Crippen LogP contribution is 2.17. The summed E-state index contributed by atoms with van der Waals surface area (Å²) in [6.45, 7) is 6.80. The molecule has 0 aliphatic carbocycles. The molecule has 4 nitrogen and oxygen atoms in total. The molecule has 0 saturated carbocycles. The number of benzene rings is 2. The molecule has 122 valence electrons. The van der Waals surface area contributed by atoms with E-state index < -0.39 is 0 Å². The van der Waals surface area contributed by atoms with Crippen LogP contribution in [0.2, 0.25) is 0 Å². The van der Waals surface area contributed by atoms with Gasteiger partial charge in [0.05, 0.1) is 6.10 Å². The molecule has 3 N–H and O–H groups in total. The van der Waals surface area contributed by atoms with E-state index in [1.54, 1.807) is 0 Å². The normalized spacial score (nSPS) is 13.0. The second-order valence-corrected chi connectivity index (χ2v) is 5.85. The Labute approximate surface area is 138 Å². The fraction of sp³-hybridized carbons (Fsp3) is 0.316. The summed E-state index contributed by atoms with van der Waals surface area (Å²) < 4.78 is 5.61. The van der Waals surface area contributed by atoms with Crippen LogP contribution >= 0.6 is 0 Å². The van der Waals surface area contributed by atoms with Gasteiger partial charge in [-0.2, -0.15) is 0 Å². The zero-order chi connectivity index (χ0) is 16.7. The lowest BCUT2D eigenvalue weighted by atomic mass is 10.0. The Morgan fingerprint density at radius 3 is 2.30 bits per heavy atom. The number of nitrogens with zero attached hydrogens (tertiary/aromatic N) is 1. The maximum absolute atomic E-state index is 5.96. The van der Waals surface area contributed by atoms with Crippen molar-refractivity contribution in [1.82, 2.24) is 0 Å². The van der Waals surface area contributed by atoms with Crippen molar-refractivity contribution in [2.24, 2.45) is 10.7 Å². The first kappa shape index (κ1) is 16.9. The van der Waals surface area contributed by atoms with Gasteiger partial charge in [-0.05, 0) is 43.7 Å². The van der Waals surface area contributed by atoms with Crippen LogP contribution in [0.5, 0.6) is 5.75 Å². The lowest BCUT2D eigenvalue weighted by molar-refractivity contribution is 0.242. The summed E-state index contributed by atoms with van der Waals surface area (Å²) in [6.07, 6.45) is 0.167. The molecule has 1 atom stereocenters. The summed E-state index contributed by atoms with van der Waals surface area (Å²) in [5.74, 6) is 1.60. The largest absolute Gasteiger partial charge is 0.491 e. The second kappa shape index (κ2) is 8.22. The Balaban J connectivity index is 1.89. The fourth-order valence-electron chi connectivity index (χ4n) is 2.20. The molecule has 0 spiro atoms. The standard InChI is InChI=1S/C19H25N3O/c1-14(2)23-18-11-9-17(10-12-18)22-19(20)21-13-15(3)16-7-5-4-6-8-16/h4-12,14-15H,13H2,1-3H3,(H3,20,21,22). The SMILES string of the molecule is CC(C)Oc1ccc(NC(N)=NCC(C)c2ccccc2)cc1. The molecule has 23 heavy (non-hydrogen) atoms. The summed E-state index contributed by atoms with van der Waals surface area (Å²) in [6, 6.07) is 18.0. The van der Waals surface area contributed by atoms with E-state index >= 15 is 0 Å². The molecule has 4 heteroatoms. The molecule has 2 aromatic rings. The van der Waals surface area contributed by atoms with E-state index in [-0.39, 0.29) is 6.10 Å². The summed E-state index contributed by atoms with van der Waals surface area (Å²) in [5, 5.41) is 3.10. The Hall–Kier alpha value is -2.49. The number of ether oxygens (including phenoxy) is 1. The molecule has 0 radical (unpaired) electrons. The lowest BCUT2D eigenvalue weighted by Gasteiger charge is -2.12. The summed E-state index contributed by atoms with van der Waals surface area (Å²) in [5.41, 5.74) is 8.12. The van der Waals surface area contributed by atoms with Crippen LogP contribution in [0.25, 0.3) is 0 Å². The van der Waals surface area contributed by atoms with Gasteiger partial charge in [0, 0.05) is 18.2 Å². The van der Waals surface area contributed by atoms with Gasteiger partial charge in [-0.15, -0.1) is 0 Å². The van der Waals surface area contributed by atoms with Gasteiger partial charge in [-0.3, -0.25) is 4.99 Å². The molecule has 0 saturated heterocycles. The van der Waals surface area contributed by atoms with E-state index in [2.05, 4.69) is 29.4 Å². The highest BCUT2D eigenvalue weighted by Gasteiger charge is 2.04. The van der Waals surface area contributed by atoms with Crippen molar-refractivity contribution in [2.45, 2.75) is 32.8 Å². The predicted molar refractivity (Wildman–Crippen MR) is 97.2 cm³/mol. The second-order valence-electron chi connectivity index (χ2n) is 5.85. The molecular weight excluding hydrogens is 286 g/mol. The van der Waals surface area contributed by atoms with E-state index in [9.17, 15) is 0 Å². The quantitative estimate of drug-likeness (QED) is 0.626. The van der Waals surface area contributed by atoms with Crippen LogP contribution < -0.4 is 15.8 Å². The maximum atomic E-state index is 5.96. The molecule has 1 unspecified atom stereocenters. The van der Waals surface area contributed by atoms with E-state index in [1.807, 2.05) is 56.3 Å². The van der Waals surface area contributed by atoms with Gasteiger partial charge in [0.2, 0.25) is 0 Å². The van der Waals surface area contributed by atoms with Crippen molar-refractivity contribution in [3.63, 3.8) is 0 Å². The Morgan fingerprint density at radius 2 is 1.70 bits per heavy atom. The number of aliphatic imine (C=N–C) groups is 1. The Bertz CT molecular complexity index is 621. The van der Waals surface area contributed by atoms with Gasteiger partial charge in [-0.1, -0.05) is 37.3 Å². The first-order valence-corrected chi connectivity index (χ1v) is 7.93. The number of hydrogen-bond acceptors (Lipinski definition) is 2. The van der Waals surface area contributed by atoms with Gasteiger partial charge in [0.25, 0.3) is 0 Å². The number of nitrogens with two attached hydrogens (primary N) is 1. The smallest absolute Gasteiger partial charge is 0.193 e. The van der Waals surface area contributed by atoms with Crippen molar-refractivity contribution in [3.8, 4) is 5.75 Å². The Kier molecular flexibility index (Phi) is 6.03. The van der Waals surface area contributed by atoms with Crippen LogP contribution in [0.1, 0.15) is 32.3 Å². The lowest BCUT2D eigenvalue weighted by Crippen LogP contribution is -2.23. The third kappa shape index (κ3) is 5.66. The van der Waals surface area contributed by atoms with Crippen molar-refractivity contribution in [3.05, 3.63) is 60.2 Å². The van der Waals surface area contributed by atoms with Gasteiger partial charge in [-0.25, -0.2) is 0 Å². The van der Waals surface area contributed by atoms with Crippen molar-refractivity contribution < 1.29 is 4.74 Å². The highest BCUT2D eigenvalue weighted by atomic mass is 16.5.